The number of hydrogen-bond acceptors (Lipinski definition) is 3. The van der Waals surface area contributed by atoms with Gasteiger partial charge < -0.3 is 5.32 Å². The number of sulfone groups is 1. The van der Waals surface area contributed by atoms with Crippen molar-refractivity contribution in [1.29, 1.82) is 0 Å². The van der Waals surface area contributed by atoms with Gasteiger partial charge in [-0.05, 0) is 31.5 Å². The fourth-order valence-corrected chi connectivity index (χ4v) is 4.78. The number of carbonyl (C=O) groups excluding carboxylic acids is 1. The van der Waals surface area contributed by atoms with Crippen LogP contribution in [0.1, 0.15) is 23.7 Å². The summed E-state index contributed by atoms with van der Waals surface area (Å²) in [6, 6.07) is 4.97. The van der Waals surface area contributed by atoms with E-state index in [9.17, 15) is 13.2 Å². The van der Waals surface area contributed by atoms with Crippen LogP contribution in [-0.2, 0) is 9.84 Å². The van der Waals surface area contributed by atoms with Gasteiger partial charge in [0, 0.05) is 4.47 Å². The molecule has 1 fully saturated rings. The molecule has 0 aromatic heterocycles. The Labute approximate surface area is 125 Å². The van der Waals surface area contributed by atoms with Gasteiger partial charge in [-0.2, -0.15) is 0 Å². The predicted molar refractivity (Wildman–Crippen MR) is 78.3 cm³/mol. The molecule has 1 aromatic rings. The normalized spacial score (nSPS) is 25.2. The van der Waals surface area contributed by atoms with Crippen molar-refractivity contribution in [3.8, 4) is 0 Å². The number of hydrogen-bond donors (Lipinski definition) is 1. The number of benzene rings is 1. The first-order chi connectivity index (χ1) is 8.71. The van der Waals surface area contributed by atoms with E-state index in [0.717, 1.165) is 4.47 Å². The Bertz CT molecular complexity index is 632. The van der Waals surface area contributed by atoms with E-state index in [0.29, 0.717) is 17.0 Å². The highest BCUT2D eigenvalue weighted by Crippen LogP contribution is 2.25. The smallest absolute Gasteiger partial charge is 0.253 e. The zero-order valence-corrected chi connectivity index (χ0v) is 13.4. The van der Waals surface area contributed by atoms with Crippen molar-refractivity contribution in [3.63, 3.8) is 0 Å². The third kappa shape index (κ3) is 3.49. The van der Waals surface area contributed by atoms with E-state index in [1.807, 2.05) is 0 Å². The lowest BCUT2D eigenvalue weighted by Crippen LogP contribution is -2.47. The lowest BCUT2D eigenvalue weighted by Gasteiger charge is -2.24. The molecule has 2 rings (SSSR count). The minimum Gasteiger partial charge on any atom is -0.346 e. The SMILES string of the molecule is CC1(NC(=O)c2cc(Br)ccc2Cl)CCS(=O)(=O)C1. The molecule has 1 aromatic carbocycles. The quantitative estimate of drug-likeness (QED) is 0.874. The van der Waals surface area contributed by atoms with Crippen molar-refractivity contribution in [3.05, 3.63) is 33.3 Å². The van der Waals surface area contributed by atoms with Gasteiger partial charge in [0.15, 0.2) is 9.84 Å². The zero-order chi connectivity index (χ0) is 14.3. The van der Waals surface area contributed by atoms with Crippen molar-refractivity contribution in [2.24, 2.45) is 0 Å². The van der Waals surface area contributed by atoms with Crippen molar-refractivity contribution in [2.75, 3.05) is 11.5 Å². The fourth-order valence-electron chi connectivity index (χ4n) is 2.12. The molecular formula is C12H13BrClNO3S. The second kappa shape index (κ2) is 5.07. The molecule has 1 heterocycles. The van der Waals surface area contributed by atoms with Gasteiger partial charge in [-0.1, -0.05) is 27.5 Å². The van der Waals surface area contributed by atoms with Crippen LogP contribution in [0.15, 0.2) is 22.7 Å². The summed E-state index contributed by atoms with van der Waals surface area (Å²) in [5.41, 5.74) is -0.386. The van der Waals surface area contributed by atoms with Crippen LogP contribution in [0.25, 0.3) is 0 Å². The maximum Gasteiger partial charge on any atom is 0.253 e. The lowest BCUT2D eigenvalue weighted by atomic mass is 10.0. The van der Waals surface area contributed by atoms with Gasteiger partial charge in [0.25, 0.3) is 5.91 Å². The van der Waals surface area contributed by atoms with Crippen molar-refractivity contribution >= 4 is 43.3 Å². The highest BCUT2D eigenvalue weighted by molar-refractivity contribution is 9.10. The van der Waals surface area contributed by atoms with Gasteiger partial charge in [-0.25, -0.2) is 8.42 Å². The fraction of sp³-hybridized carbons (Fsp3) is 0.417. The Kier molecular flexibility index (Phi) is 3.95. The molecule has 1 aliphatic rings. The molecule has 19 heavy (non-hydrogen) atoms. The third-order valence-corrected chi connectivity index (χ3v) is 5.82. The third-order valence-electron chi connectivity index (χ3n) is 3.09. The number of rotatable bonds is 2. The Balaban J connectivity index is 2.20. The molecule has 1 saturated heterocycles. The molecular weight excluding hydrogens is 354 g/mol. The van der Waals surface area contributed by atoms with E-state index in [1.165, 1.54) is 0 Å². The van der Waals surface area contributed by atoms with Gasteiger partial charge in [0.1, 0.15) is 0 Å². The van der Waals surface area contributed by atoms with Crippen LogP contribution >= 0.6 is 27.5 Å². The molecule has 104 valence electrons. The summed E-state index contributed by atoms with van der Waals surface area (Å²) in [5.74, 6) is -0.279. The zero-order valence-electron chi connectivity index (χ0n) is 10.2. The molecule has 0 aliphatic carbocycles. The summed E-state index contributed by atoms with van der Waals surface area (Å²) in [6.45, 7) is 1.74. The maximum atomic E-state index is 12.2. The van der Waals surface area contributed by atoms with Crippen LogP contribution in [0, 0.1) is 0 Å². The molecule has 1 amide bonds. The molecule has 7 heteroatoms. The standard InChI is InChI=1S/C12H13BrClNO3S/c1-12(4-5-19(17,18)7-12)15-11(16)9-6-8(13)2-3-10(9)14/h2-3,6H,4-5,7H2,1H3,(H,15,16). The van der Waals surface area contributed by atoms with Gasteiger partial charge >= 0.3 is 0 Å². The Morgan fingerprint density at radius 2 is 2.16 bits per heavy atom. The average Bonchev–Trinajstić information content (AvgIpc) is 2.56. The minimum absolute atomic E-state index is 0.0304. The maximum absolute atomic E-state index is 12.2. The number of amides is 1. The monoisotopic (exact) mass is 365 g/mol. The van der Waals surface area contributed by atoms with Crippen LogP contribution in [-0.4, -0.2) is 31.4 Å². The summed E-state index contributed by atoms with van der Waals surface area (Å²) < 4.78 is 23.7. The van der Waals surface area contributed by atoms with E-state index in [1.54, 1.807) is 25.1 Å². The number of halogens is 2. The second-order valence-corrected chi connectivity index (χ2v) is 8.49. The van der Waals surface area contributed by atoms with E-state index in [2.05, 4.69) is 21.2 Å². The Morgan fingerprint density at radius 1 is 1.47 bits per heavy atom. The average molecular weight is 367 g/mol. The van der Waals surface area contributed by atoms with Crippen LogP contribution in [0.5, 0.6) is 0 Å². The van der Waals surface area contributed by atoms with Crippen molar-refractivity contribution in [1.82, 2.24) is 5.32 Å². The largest absolute Gasteiger partial charge is 0.346 e. The Morgan fingerprint density at radius 3 is 2.74 bits per heavy atom. The summed E-state index contributed by atoms with van der Waals surface area (Å²) >= 11 is 9.25. The summed E-state index contributed by atoms with van der Waals surface area (Å²) in [5, 5.41) is 3.11. The molecule has 1 atom stereocenters. The van der Waals surface area contributed by atoms with Crippen LogP contribution in [0.4, 0.5) is 0 Å². The second-order valence-electron chi connectivity index (χ2n) is 4.98. The van der Waals surface area contributed by atoms with Gasteiger partial charge in [-0.15, -0.1) is 0 Å². The molecule has 1 aliphatic heterocycles. The topological polar surface area (TPSA) is 63.2 Å². The highest BCUT2D eigenvalue weighted by Gasteiger charge is 2.39. The molecule has 4 nitrogen and oxygen atoms in total. The van der Waals surface area contributed by atoms with E-state index in [4.69, 9.17) is 11.6 Å². The van der Waals surface area contributed by atoms with Crippen LogP contribution in [0.2, 0.25) is 5.02 Å². The first kappa shape index (κ1) is 14.8. The first-order valence-electron chi connectivity index (χ1n) is 5.69. The molecule has 0 bridgehead atoms. The molecule has 1 N–H and O–H groups in total. The Hall–Kier alpha value is -0.590. The van der Waals surface area contributed by atoms with Gasteiger partial charge in [0.05, 0.1) is 27.6 Å². The van der Waals surface area contributed by atoms with Gasteiger partial charge in [-0.3, -0.25) is 4.79 Å². The predicted octanol–water partition coefficient (Wildman–Crippen LogP) is 2.41. The molecule has 1 unspecified atom stereocenters. The van der Waals surface area contributed by atoms with Crippen LogP contribution in [0.3, 0.4) is 0 Å². The van der Waals surface area contributed by atoms with Gasteiger partial charge in [0.2, 0.25) is 0 Å². The number of nitrogens with one attached hydrogen (secondary N) is 1. The summed E-state index contributed by atoms with van der Waals surface area (Å²) in [7, 11) is -3.06. The molecule has 0 saturated carbocycles. The van der Waals surface area contributed by atoms with Crippen LogP contribution < -0.4 is 5.32 Å². The number of carbonyl (C=O) groups is 1. The molecule has 0 spiro atoms. The minimum atomic E-state index is -3.06. The summed E-state index contributed by atoms with van der Waals surface area (Å²) in [4.78, 5) is 12.2. The van der Waals surface area contributed by atoms with E-state index < -0.39 is 15.4 Å². The van der Waals surface area contributed by atoms with Crippen molar-refractivity contribution < 1.29 is 13.2 Å². The highest BCUT2D eigenvalue weighted by atomic mass is 79.9. The van der Waals surface area contributed by atoms with E-state index in [-0.39, 0.29) is 17.4 Å². The lowest BCUT2D eigenvalue weighted by molar-refractivity contribution is 0.0915. The van der Waals surface area contributed by atoms with Crippen molar-refractivity contribution in [2.45, 2.75) is 18.9 Å². The molecule has 0 radical (unpaired) electrons. The van der Waals surface area contributed by atoms with E-state index >= 15 is 0 Å². The summed E-state index contributed by atoms with van der Waals surface area (Å²) in [6.07, 6.45) is 0.423. The first-order valence-corrected chi connectivity index (χ1v) is 8.68.